The molecule has 2 unspecified atom stereocenters. The molecule has 1 nitrogen and oxygen atoms in total. The summed E-state index contributed by atoms with van der Waals surface area (Å²) in [7, 11) is 0. The third-order valence-corrected chi connectivity index (χ3v) is 2.94. The lowest BCUT2D eigenvalue weighted by molar-refractivity contribution is 0.768. The second kappa shape index (κ2) is 3.71. The maximum absolute atomic E-state index is 6.19. The van der Waals surface area contributed by atoms with Gasteiger partial charge in [-0.15, -0.1) is 17.5 Å². The topological polar surface area (TPSA) is 26.0 Å². The van der Waals surface area contributed by atoms with Crippen molar-refractivity contribution in [3.63, 3.8) is 0 Å². The van der Waals surface area contributed by atoms with Crippen LogP contribution in [-0.4, -0.2) is 2.88 Å². The quantitative estimate of drug-likeness (QED) is 0.414. The molecule has 3 heteroatoms. The standard InChI is InChI=1S/C9H9ClIN/c1-2-4-7-8(12)5-3-6-9(7,10)11/h3,5-7H,12H2,1H3. The van der Waals surface area contributed by atoms with Gasteiger partial charge in [-0.2, -0.15) is 0 Å². The summed E-state index contributed by atoms with van der Waals surface area (Å²) in [5.41, 5.74) is 6.49. The average molecular weight is 294 g/mol. The van der Waals surface area contributed by atoms with Crippen LogP contribution < -0.4 is 5.73 Å². The summed E-state index contributed by atoms with van der Waals surface area (Å²) in [5, 5.41) is 0. The Morgan fingerprint density at radius 2 is 2.42 bits per heavy atom. The van der Waals surface area contributed by atoms with Crippen LogP contribution in [0.15, 0.2) is 23.9 Å². The number of halogens is 2. The highest BCUT2D eigenvalue weighted by Gasteiger charge is 2.33. The first kappa shape index (κ1) is 9.94. The van der Waals surface area contributed by atoms with Crippen molar-refractivity contribution in [2.24, 2.45) is 11.7 Å². The van der Waals surface area contributed by atoms with Crippen LogP contribution in [0.5, 0.6) is 0 Å². The number of nitrogens with two attached hydrogens (primary N) is 1. The number of hydrogen-bond acceptors (Lipinski definition) is 1. The van der Waals surface area contributed by atoms with Crippen molar-refractivity contribution < 1.29 is 0 Å². The Bertz CT molecular complexity index is 293. The van der Waals surface area contributed by atoms with E-state index in [9.17, 15) is 0 Å². The van der Waals surface area contributed by atoms with E-state index in [0.29, 0.717) is 0 Å². The fraction of sp³-hybridized carbons (Fsp3) is 0.333. The first-order chi connectivity index (χ1) is 5.58. The summed E-state index contributed by atoms with van der Waals surface area (Å²) in [6, 6.07) is 0. The monoisotopic (exact) mass is 293 g/mol. The lowest BCUT2D eigenvalue weighted by atomic mass is 9.97. The molecule has 0 aromatic carbocycles. The van der Waals surface area contributed by atoms with Crippen LogP contribution in [0, 0.1) is 17.8 Å². The fourth-order valence-corrected chi connectivity index (χ4v) is 2.00. The lowest BCUT2D eigenvalue weighted by Gasteiger charge is -2.26. The second-order valence-corrected chi connectivity index (χ2v) is 5.58. The maximum Gasteiger partial charge on any atom is 0.133 e. The predicted molar refractivity (Wildman–Crippen MR) is 61.0 cm³/mol. The molecule has 0 radical (unpaired) electrons. The summed E-state index contributed by atoms with van der Waals surface area (Å²) in [5.74, 6) is 5.75. The molecule has 0 fully saturated rings. The molecule has 1 aliphatic rings. The minimum Gasteiger partial charge on any atom is -0.401 e. The zero-order chi connectivity index (χ0) is 9.19. The number of rotatable bonds is 0. The third kappa shape index (κ3) is 1.96. The number of hydrogen-bond donors (Lipinski definition) is 1. The molecule has 0 aliphatic heterocycles. The largest absolute Gasteiger partial charge is 0.401 e. The van der Waals surface area contributed by atoms with Gasteiger partial charge >= 0.3 is 0 Å². The van der Waals surface area contributed by atoms with Crippen LogP contribution in [0.25, 0.3) is 0 Å². The van der Waals surface area contributed by atoms with E-state index in [1.165, 1.54) is 0 Å². The molecule has 0 heterocycles. The summed E-state index contributed by atoms with van der Waals surface area (Å²) in [6.45, 7) is 1.79. The Morgan fingerprint density at radius 3 is 2.92 bits per heavy atom. The first-order valence-electron chi connectivity index (χ1n) is 3.53. The van der Waals surface area contributed by atoms with Gasteiger partial charge in [0.2, 0.25) is 0 Å². The van der Waals surface area contributed by atoms with Crippen molar-refractivity contribution in [3.8, 4) is 11.8 Å². The van der Waals surface area contributed by atoms with Gasteiger partial charge in [0.15, 0.2) is 0 Å². The molecule has 2 atom stereocenters. The molecule has 0 spiro atoms. The molecule has 1 rings (SSSR count). The zero-order valence-corrected chi connectivity index (χ0v) is 9.56. The van der Waals surface area contributed by atoms with Gasteiger partial charge in [-0.05, 0) is 13.0 Å². The molecular weight excluding hydrogens is 284 g/mol. The summed E-state index contributed by atoms with van der Waals surface area (Å²) in [6.07, 6.45) is 5.61. The van der Waals surface area contributed by atoms with Crippen molar-refractivity contribution in [2.45, 2.75) is 9.80 Å². The molecule has 1 aliphatic carbocycles. The van der Waals surface area contributed by atoms with E-state index < -0.39 is 2.88 Å². The van der Waals surface area contributed by atoms with E-state index in [2.05, 4.69) is 34.4 Å². The van der Waals surface area contributed by atoms with Crippen molar-refractivity contribution in [2.75, 3.05) is 0 Å². The van der Waals surface area contributed by atoms with Crippen molar-refractivity contribution in [1.82, 2.24) is 0 Å². The Labute approximate surface area is 91.2 Å². The van der Waals surface area contributed by atoms with Crippen molar-refractivity contribution in [1.29, 1.82) is 0 Å². The van der Waals surface area contributed by atoms with E-state index >= 15 is 0 Å². The minimum absolute atomic E-state index is 0.0743. The Morgan fingerprint density at radius 1 is 1.75 bits per heavy atom. The molecule has 0 aromatic rings. The molecule has 0 saturated heterocycles. The third-order valence-electron chi connectivity index (χ3n) is 1.61. The van der Waals surface area contributed by atoms with Crippen LogP contribution in [0.3, 0.4) is 0 Å². The van der Waals surface area contributed by atoms with Gasteiger partial charge in [0.25, 0.3) is 0 Å². The minimum atomic E-state index is -0.487. The van der Waals surface area contributed by atoms with Crippen LogP contribution in [0.1, 0.15) is 6.92 Å². The molecule has 0 aromatic heterocycles. The number of allylic oxidation sites excluding steroid dienone is 4. The molecule has 0 amide bonds. The highest BCUT2D eigenvalue weighted by molar-refractivity contribution is 14.1. The van der Waals surface area contributed by atoms with E-state index in [-0.39, 0.29) is 5.92 Å². The van der Waals surface area contributed by atoms with Gasteiger partial charge < -0.3 is 5.73 Å². The summed E-state index contributed by atoms with van der Waals surface area (Å²) < 4.78 is -0.487. The van der Waals surface area contributed by atoms with Gasteiger partial charge in [-0.25, -0.2) is 0 Å². The second-order valence-electron chi connectivity index (χ2n) is 2.53. The van der Waals surface area contributed by atoms with Gasteiger partial charge in [0.1, 0.15) is 2.88 Å². The molecule has 12 heavy (non-hydrogen) atoms. The molecule has 0 saturated carbocycles. The smallest absolute Gasteiger partial charge is 0.133 e. The van der Waals surface area contributed by atoms with Crippen LogP contribution >= 0.6 is 34.2 Å². The van der Waals surface area contributed by atoms with E-state index in [0.717, 1.165) is 5.70 Å². The Hall–Kier alpha value is -0.140. The zero-order valence-electron chi connectivity index (χ0n) is 6.64. The van der Waals surface area contributed by atoms with E-state index in [4.69, 9.17) is 17.3 Å². The van der Waals surface area contributed by atoms with Crippen LogP contribution in [-0.2, 0) is 0 Å². The molecule has 2 N–H and O–H groups in total. The fourth-order valence-electron chi connectivity index (χ4n) is 1.03. The lowest BCUT2D eigenvalue weighted by Crippen LogP contribution is -2.28. The van der Waals surface area contributed by atoms with Gasteiger partial charge in [0.05, 0.1) is 5.92 Å². The Balaban J connectivity index is 3.00. The highest BCUT2D eigenvalue weighted by atomic mass is 127. The Kier molecular flexibility index (Phi) is 3.08. The summed E-state index contributed by atoms with van der Waals surface area (Å²) >= 11 is 8.34. The molecule has 0 bridgehead atoms. The number of alkyl halides is 2. The van der Waals surface area contributed by atoms with Gasteiger partial charge in [-0.3, -0.25) is 0 Å². The van der Waals surface area contributed by atoms with Gasteiger partial charge in [0, 0.05) is 5.70 Å². The van der Waals surface area contributed by atoms with Crippen molar-refractivity contribution >= 4 is 34.2 Å². The normalized spacial score (nSPS) is 33.6. The molecular formula is C9H9ClIN. The highest BCUT2D eigenvalue weighted by Crippen LogP contribution is 2.39. The van der Waals surface area contributed by atoms with E-state index in [1.54, 1.807) is 6.92 Å². The van der Waals surface area contributed by atoms with Crippen LogP contribution in [0.4, 0.5) is 0 Å². The van der Waals surface area contributed by atoms with Crippen molar-refractivity contribution in [3.05, 3.63) is 23.9 Å². The predicted octanol–water partition coefficient (Wildman–Crippen LogP) is 2.41. The average Bonchev–Trinajstić information content (AvgIpc) is 1.97. The first-order valence-corrected chi connectivity index (χ1v) is 4.98. The van der Waals surface area contributed by atoms with E-state index in [1.807, 2.05) is 18.2 Å². The molecule has 64 valence electrons. The van der Waals surface area contributed by atoms with Crippen LogP contribution in [0.2, 0.25) is 0 Å². The maximum atomic E-state index is 6.19. The van der Waals surface area contributed by atoms with Gasteiger partial charge in [-0.1, -0.05) is 40.7 Å². The summed E-state index contributed by atoms with van der Waals surface area (Å²) in [4.78, 5) is 0. The SMILES string of the molecule is CC#CC1C(N)=CC=CC1(Cl)I.